The van der Waals surface area contributed by atoms with E-state index in [9.17, 15) is 4.79 Å². The molecular formula is C19H21N3O. The normalized spacial score (nSPS) is 27.7. The maximum atomic E-state index is 12.7. The summed E-state index contributed by atoms with van der Waals surface area (Å²) in [5.74, 6) is 0.803. The number of anilines is 1. The van der Waals surface area contributed by atoms with Crippen LogP contribution in [0.4, 0.5) is 5.95 Å². The molecule has 3 aliphatic rings. The molecule has 0 saturated carbocycles. The van der Waals surface area contributed by atoms with Gasteiger partial charge in [0.25, 0.3) is 0 Å². The van der Waals surface area contributed by atoms with E-state index in [1.165, 1.54) is 11.1 Å². The van der Waals surface area contributed by atoms with Gasteiger partial charge in [-0.05, 0) is 43.6 Å². The summed E-state index contributed by atoms with van der Waals surface area (Å²) < 4.78 is 0. The van der Waals surface area contributed by atoms with E-state index in [4.69, 9.17) is 0 Å². The van der Waals surface area contributed by atoms with Crippen molar-refractivity contribution in [1.82, 2.24) is 9.97 Å². The van der Waals surface area contributed by atoms with Crippen LogP contribution in [0.2, 0.25) is 0 Å². The van der Waals surface area contributed by atoms with Crippen LogP contribution >= 0.6 is 0 Å². The molecule has 2 aliphatic heterocycles. The molecule has 0 fully saturated rings. The van der Waals surface area contributed by atoms with Crippen LogP contribution in [-0.4, -0.2) is 27.8 Å². The molecule has 3 heterocycles. The topological polar surface area (TPSA) is 46.1 Å². The minimum atomic E-state index is -0.260. The summed E-state index contributed by atoms with van der Waals surface area (Å²) in [5.41, 5.74) is 4.32. The maximum absolute atomic E-state index is 12.7. The average molecular weight is 307 g/mol. The van der Waals surface area contributed by atoms with Gasteiger partial charge in [-0.3, -0.25) is 4.79 Å². The molecule has 0 spiro atoms. The van der Waals surface area contributed by atoms with Gasteiger partial charge in [-0.25, -0.2) is 9.97 Å². The maximum Gasteiger partial charge on any atom is 0.227 e. The largest absolute Gasteiger partial charge is 0.319 e. The van der Waals surface area contributed by atoms with Gasteiger partial charge in [-0.15, -0.1) is 0 Å². The Morgan fingerprint density at radius 2 is 1.87 bits per heavy atom. The summed E-state index contributed by atoms with van der Waals surface area (Å²) in [5, 5.41) is 0. The molecule has 0 N–H and O–H groups in total. The van der Waals surface area contributed by atoms with Gasteiger partial charge in [-0.1, -0.05) is 32.1 Å². The summed E-state index contributed by atoms with van der Waals surface area (Å²) in [6.07, 6.45) is 8.98. The molecule has 0 radical (unpaired) electrons. The third-order valence-electron chi connectivity index (χ3n) is 5.22. The number of aryl methyl sites for hydroxylation is 2. The quantitative estimate of drug-likeness (QED) is 0.800. The standard InChI is InChI=1S/C19H21N3O/c1-11-10-12(2)21-18(20-11)22-16-9-8-15(23)17(22)13-6-5-7-14(13)19(16,3)4/h5,7-10,16-17H,6H2,1-4H3/t16-,17-/m1/s1. The number of allylic oxidation sites excluding steroid dienone is 2. The van der Waals surface area contributed by atoms with Crippen molar-refractivity contribution < 1.29 is 4.79 Å². The van der Waals surface area contributed by atoms with E-state index in [-0.39, 0.29) is 23.3 Å². The molecule has 2 bridgehead atoms. The van der Waals surface area contributed by atoms with Gasteiger partial charge in [0.2, 0.25) is 5.95 Å². The van der Waals surface area contributed by atoms with Crippen LogP contribution in [0.25, 0.3) is 0 Å². The first kappa shape index (κ1) is 14.4. The molecule has 1 aliphatic carbocycles. The second-order valence-corrected chi connectivity index (χ2v) is 7.23. The lowest BCUT2D eigenvalue weighted by atomic mass is 9.68. The van der Waals surface area contributed by atoms with Crippen LogP contribution in [-0.2, 0) is 4.79 Å². The van der Waals surface area contributed by atoms with Crippen LogP contribution in [0, 0.1) is 19.3 Å². The fourth-order valence-electron chi connectivity index (χ4n) is 4.23. The number of nitrogens with zero attached hydrogens (tertiary/aromatic N) is 3. The van der Waals surface area contributed by atoms with Crippen molar-refractivity contribution >= 4 is 11.7 Å². The van der Waals surface area contributed by atoms with Crippen molar-refractivity contribution in [2.75, 3.05) is 4.90 Å². The Morgan fingerprint density at radius 3 is 2.57 bits per heavy atom. The molecule has 2 atom stereocenters. The van der Waals surface area contributed by atoms with Crippen LogP contribution < -0.4 is 4.90 Å². The zero-order chi connectivity index (χ0) is 16.4. The van der Waals surface area contributed by atoms with Gasteiger partial charge < -0.3 is 4.90 Å². The SMILES string of the molecule is Cc1cc(C)nc(N2[C@H]3C(=O)C=C[C@@H]2C(C)(C)C2=C3CC=C2)n1. The number of rotatable bonds is 1. The summed E-state index contributed by atoms with van der Waals surface area (Å²) >= 11 is 0. The number of aromatic nitrogens is 2. The summed E-state index contributed by atoms with van der Waals surface area (Å²) in [6, 6.07) is 1.80. The van der Waals surface area contributed by atoms with Crippen molar-refractivity contribution in [3.05, 3.63) is 52.9 Å². The fraction of sp³-hybridized carbons (Fsp3) is 0.421. The van der Waals surface area contributed by atoms with Crippen molar-refractivity contribution in [1.29, 1.82) is 0 Å². The van der Waals surface area contributed by atoms with Gasteiger partial charge in [0.15, 0.2) is 5.78 Å². The predicted molar refractivity (Wildman–Crippen MR) is 90.3 cm³/mol. The van der Waals surface area contributed by atoms with Crippen LogP contribution in [0.3, 0.4) is 0 Å². The molecule has 4 heteroatoms. The van der Waals surface area contributed by atoms with Crippen LogP contribution in [0.1, 0.15) is 31.7 Å². The van der Waals surface area contributed by atoms with Crippen molar-refractivity contribution in [2.24, 2.45) is 5.41 Å². The highest BCUT2D eigenvalue weighted by Crippen LogP contribution is 2.49. The number of ketones is 1. The Kier molecular flexibility index (Phi) is 2.89. The van der Waals surface area contributed by atoms with E-state index in [0.717, 1.165) is 17.8 Å². The Bertz CT molecular complexity index is 781. The Hall–Kier alpha value is -2.23. The molecule has 0 saturated heterocycles. The lowest BCUT2D eigenvalue weighted by Gasteiger charge is -2.51. The van der Waals surface area contributed by atoms with E-state index in [2.05, 4.69) is 40.9 Å². The van der Waals surface area contributed by atoms with E-state index < -0.39 is 0 Å². The highest BCUT2D eigenvalue weighted by atomic mass is 16.1. The second kappa shape index (κ2) is 4.63. The number of hydrogen-bond acceptors (Lipinski definition) is 4. The second-order valence-electron chi connectivity index (χ2n) is 7.23. The lowest BCUT2D eigenvalue weighted by molar-refractivity contribution is -0.115. The Labute approximate surface area is 136 Å². The first-order valence-corrected chi connectivity index (χ1v) is 8.12. The van der Waals surface area contributed by atoms with Crippen molar-refractivity contribution in [2.45, 2.75) is 46.2 Å². The minimum absolute atomic E-state index is 0.0724. The monoisotopic (exact) mass is 307 g/mol. The Balaban J connectivity index is 1.94. The summed E-state index contributed by atoms with van der Waals surface area (Å²) in [6.45, 7) is 8.44. The molecule has 23 heavy (non-hydrogen) atoms. The van der Waals surface area contributed by atoms with Gasteiger partial charge in [0.05, 0.1) is 6.04 Å². The van der Waals surface area contributed by atoms with Crippen molar-refractivity contribution in [3.63, 3.8) is 0 Å². The van der Waals surface area contributed by atoms with E-state index >= 15 is 0 Å². The first-order valence-electron chi connectivity index (χ1n) is 8.12. The van der Waals surface area contributed by atoms with Crippen LogP contribution in [0.15, 0.2) is 41.5 Å². The molecule has 0 unspecified atom stereocenters. The van der Waals surface area contributed by atoms with Gasteiger partial charge in [-0.2, -0.15) is 0 Å². The predicted octanol–water partition coefficient (Wildman–Crippen LogP) is 3.07. The highest BCUT2D eigenvalue weighted by molar-refractivity contribution is 6.01. The summed E-state index contributed by atoms with van der Waals surface area (Å²) in [7, 11) is 0. The minimum Gasteiger partial charge on any atom is -0.319 e. The third kappa shape index (κ3) is 1.94. The Morgan fingerprint density at radius 1 is 1.17 bits per heavy atom. The fourth-order valence-corrected chi connectivity index (χ4v) is 4.23. The molecule has 4 rings (SSSR count). The number of hydrogen-bond donors (Lipinski definition) is 0. The zero-order valence-electron chi connectivity index (χ0n) is 14.0. The molecule has 118 valence electrons. The molecule has 1 aromatic heterocycles. The molecular weight excluding hydrogens is 286 g/mol. The van der Waals surface area contributed by atoms with Crippen molar-refractivity contribution in [3.8, 4) is 0 Å². The third-order valence-corrected chi connectivity index (χ3v) is 5.22. The van der Waals surface area contributed by atoms with E-state index in [0.29, 0.717) is 5.95 Å². The number of carbonyl (C=O) groups excluding carboxylic acids is 1. The summed E-state index contributed by atoms with van der Waals surface area (Å²) in [4.78, 5) is 24.1. The first-order chi connectivity index (χ1) is 10.9. The van der Waals surface area contributed by atoms with E-state index in [1.54, 1.807) is 6.08 Å². The molecule has 4 nitrogen and oxygen atoms in total. The zero-order valence-corrected chi connectivity index (χ0v) is 14.0. The lowest BCUT2D eigenvalue weighted by Crippen LogP contribution is -2.60. The molecule has 1 aromatic rings. The van der Waals surface area contributed by atoms with Crippen LogP contribution in [0.5, 0.6) is 0 Å². The number of carbonyl (C=O) groups is 1. The molecule has 0 amide bonds. The highest BCUT2D eigenvalue weighted by Gasteiger charge is 2.50. The van der Waals surface area contributed by atoms with Gasteiger partial charge in [0, 0.05) is 16.8 Å². The van der Waals surface area contributed by atoms with Gasteiger partial charge >= 0.3 is 0 Å². The van der Waals surface area contributed by atoms with E-state index in [1.807, 2.05) is 26.0 Å². The number of fused-ring (bicyclic) bond motifs is 3. The smallest absolute Gasteiger partial charge is 0.227 e. The average Bonchev–Trinajstić information content (AvgIpc) is 2.95. The molecule has 0 aromatic carbocycles. The van der Waals surface area contributed by atoms with Gasteiger partial charge in [0.1, 0.15) is 6.04 Å².